The van der Waals surface area contributed by atoms with Gasteiger partial charge in [-0.2, -0.15) is 0 Å². The number of hydrogen-bond donors (Lipinski definition) is 1. The Labute approximate surface area is 301 Å². The molecule has 2 aliphatic carbocycles. The Morgan fingerprint density at radius 3 is 1.63 bits per heavy atom. The van der Waals surface area contributed by atoms with Crippen molar-refractivity contribution in [1.29, 1.82) is 0 Å². The van der Waals surface area contributed by atoms with Crippen LogP contribution in [0.5, 0.6) is 0 Å². The van der Waals surface area contributed by atoms with Crippen LogP contribution in [0.3, 0.4) is 0 Å². The summed E-state index contributed by atoms with van der Waals surface area (Å²) in [5.74, 6) is -4.98. The fourth-order valence-electron chi connectivity index (χ4n) is 8.58. The molecule has 0 radical (unpaired) electrons. The summed E-state index contributed by atoms with van der Waals surface area (Å²) in [7, 11) is 0. The number of hydrogen-bond acceptors (Lipinski definition) is 12. The van der Waals surface area contributed by atoms with Crippen molar-refractivity contribution in [3.63, 3.8) is 0 Å². The number of esters is 5. The van der Waals surface area contributed by atoms with E-state index in [1.165, 1.54) is 32.9 Å². The van der Waals surface area contributed by atoms with Gasteiger partial charge in [0.1, 0.15) is 30.3 Å². The third-order valence-corrected chi connectivity index (χ3v) is 10.6. The highest BCUT2D eigenvalue weighted by Gasteiger charge is 2.87. The third kappa shape index (κ3) is 6.13. The zero-order valence-corrected chi connectivity index (χ0v) is 29.6. The molecule has 0 amide bonds. The minimum atomic E-state index is -2.08. The maximum absolute atomic E-state index is 14.2. The summed E-state index contributed by atoms with van der Waals surface area (Å²) in [6, 6.07) is 24.4. The van der Waals surface area contributed by atoms with Gasteiger partial charge in [-0.15, -0.1) is 0 Å². The molecule has 1 heterocycles. The molecule has 3 fully saturated rings. The highest BCUT2D eigenvalue weighted by molar-refractivity contribution is 5.91. The number of rotatable bonds is 9. The van der Waals surface area contributed by atoms with Crippen molar-refractivity contribution in [2.24, 2.45) is 11.3 Å². The summed E-state index contributed by atoms with van der Waals surface area (Å²) in [4.78, 5) is 67.8. The number of aliphatic hydroxyl groups is 1. The van der Waals surface area contributed by atoms with E-state index in [4.69, 9.17) is 28.4 Å². The molecule has 274 valence electrons. The Kier molecular flexibility index (Phi) is 9.75. The molecule has 3 aromatic carbocycles. The second-order valence-corrected chi connectivity index (χ2v) is 14.3. The van der Waals surface area contributed by atoms with Gasteiger partial charge in [0.2, 0.25) is 0 Å². The highest BCUT2D eigenvalue weighted by Crippen LogP contribution is 2.69. The van der Waals surface area contributed by atoms with Gasteiger partial charge >= 0.3 is 29.8 Å². The van der Waals surface area contributed by atoms with Crippen LogP contribution in [0.25, 0.3) is 0 Å². The summed E-state index contributed by atoms with van der Waals surface area (Å²) >= 11 is 0. The number of benzene rings is 3. The lowest BCUT2D eigenvalue weighted by molar-refractivity contribution is -0.346. The van der Waals surface area contributed by atoms with E-state index in [0.717, 1.165) is 0 Å². The van der Waals surface area contributed by atoms with Crippen LogP contribution in [0.2, 0.25) is 0 Å². The first-order valence-electron chi connectivity index (χ1n) is 17.2. The summed E-state index contributed by atoms with van der Waals surface area (Å²) in [6.07, 6.45) is -5.92. The van der Waals surface area contributed by atoms with Gasteiger partial charge in [0, 0.05) is 13.8 Å². The van der Waals surface area contributed by atoms with E-state index in [1.54, 1.807) is 92.7 Å². The SMILES string of the molecule is CC(=O)OC[C@@]12[C@@H](OC(=O)c3ccccc3)CC[C@](C)(O)[C@]13OC(C)(C)[C@H]([C@@H](OC(=O)c1ccccc1)[C@H]2OC(=O)c1ccccc1)[C@H]3OC(C)=O. The first-order valence-corrected chi connectivity index (χ1v) is 17.2. The molecular formula is C40H42O12. The van der Waals surface area contributed by atoms with Gasteiger partial charge in [-0.25, -0.2) is 14.4 Å². The fourth-order valence-corrected chi connectivity index (χ4v) is 8.58. The largest absolute Gasteiger partial charge is 0.465 e. The van der Waals surface area contributed by atoms with Crippen molar-refractivity contribution >= 4 is 29.8 Å². The zero-order valence-electron chi connectivity index (χ0n) is 29.6. The van der Waals surface area contributed by atoms with E-state index in [2.05, 4.69) is 0 Å². The summed E-state index contributed by atoms with van der Waals surface area (Å²) < 4.78 is 37.9. The van der Waals surface area contributed by atoms with Crippen molar-refractivity contribution in [2.75, 3.05) is 6.61 Å². The fraction of sp³-hybridized carbons (Fsp3) is 0.425. The Morgan fingerprint density at radius 2 is 1.15 bits per heavy atom. The molecule has 0 aromatic heterocycles. The van der Waals surface area contributed by atoms with Crippen molar-refractivity contribution in [2.45, 2.75) is 88.7 Å². The molecule has 6 rings (SSSR count). The van der Waals surface area contributed by atoms with Gasteiger partial charge in [0.15, 0.2) is 11.7 Å². The predicted octanol–water partition coefficient (Wildman–Crippen LogP) is 4.87. The first-order chi connectivity index (χ1) is 24.6. The van der Waals surface area contributed by atoms with Crippen molar-refractivity contribution < 1.29 is 57.5 Å². The van der Waals surface area contributed by atoms with Gasteiger partial charge in [0.25, 0.3) is 0 Å². The van der Waals surface area contributed by atoms with Crippen LogP contribution in [0, 0.1) is 11.3 Å². The number of carbonyl (C=O) groups is 5. The van der Waals surface area contributed by atoms with Crippen LogP contribution >= 0.6 is 0 Å². The molecule has 0 unspecified atom stereocenters. The minimum Gasteiger partial charge on any atom is -0.465 e. The van der Waals surface area contributed by atoms with E-state index in [-0.39, 0.29) is 29.5 Å². The molecule has 1 spiro atoms. The normalized spacial score (nSPS) is 31.3. The van der Waals surface area contributed by atoms with Crippen LogP contribution in [-0.4, -0.2) is 82.8 Å². The highest BCUT2D eigenvalue weighted by atomic mass is 16.6. The topological polar surface area (TPSA) is 161 Å². The van der Waals surface area contributed by atoms with Crippen LogP contribution in [0.4, 0.5) is 0 Å². The molecule has 3 aromatic rings. The standard InChI is InChI=1S/C40H42O12/c1-24(41)47-23-39-29(49-34(43)26-15-9-6-10-16-26)21-22-38(5,46)40(39)32(48-25(2)42)30(37(3,4)52-40)31(50-35(44)27-17-11-7-12-18-27)33(39)51-36(45)28-19-13-8-14-20-28/h6-20,29-33,46H,21-23H2,1-5H3/t29-,30+,31+,32+,33+,38-,39-,40-/m0/s1. The molecule has 1 aliphatic heterocycles. The average molecular weight is 715 g/mol. The maximum atomic E-state index is 14.2. The average Bonchev–Trinajstić information content (AvgIpc) is 3.31. The lowest BCUT2D eigenvalue weighted by Crippen LogP contribution is -2.83. The molecule has 8 atom stereocenters. The quantitative estimate of drug-likeness (QED) is 0.237. The molecule has 12 nitrogen and oxygen atoms in total. The Bertz CT molecular complexity index is 1820. The van der Waals surface area contributed by atoms with E-state index >= 15 is 0 Å². The van der Waals surface area contributed by atoms with E-state index in [9.17, 15) is 29.1 Å². The Balaban J connectivity index is 1.65. The predicted molar refractivity (Wildman–Crippen MR) is 183 cm³/mol. The summed E-state index contributed by atoms with van der Waals surface area (Å²) in [5.41, 5.74) is -6.90. The summed E-state index contributed by atoms with van der Waals surface area (Å²) in [5, 5.41) is 12.6. The Hall–Kier alpha value is -5.07. The molecule has 1 saturated heterocycles. The van der Waals surface area contributed by atoms with E-state index in [1.807, 2.05) is 0 Å². The van der Waals surface area contributed by atoms with Crippen molar-refractivity contribution in [1.82, 2.24) is 0 Å². The number of ether oxygens (including phenoxy) is 6. The molecule has 1 N–H and O–H groups in total. The number of fused-ring (bicyclic) bond motifs is 1. The third-order valence-electron chi connectivity index (χ3n) is 10.6. The van der Waals surface area contributed by atoms with Gasteiger partial charge in [0.05, 0.1) is 33.8 Å². The van der Waals surface area contributed by atoms with Gasteiger partial charge < -0.3 is 33.5 Å². The van der Waals surface area contributed by atoms with Crippen molar-refractivity contribution in [3.05, 3.63) is 108 Å². The van der Waals surface area contributed by atoms with Gasteiger partial charge in [-0.1, -0.05) is 54.6 Å². The monoisotopic (exact) mass is 714 g/mol. The van der Waals surface area contributed by atoms with E-state index < -0.39 is 89.0 Å². The van der Waals surface area contributed by atoms with E-state index in [0.29, 0.717) is 0 Å². The second kappa shape index (κ2) is 13.8. The zero-order chi connectivity index (χ0) is 37.5. The Morgan fingerprint density at radius 1 is 0.673 bits per heavy atom. The van der Waals surface area contributed by atoms with Crippen LogP contribution in [0.15, 0.2) is 91.0 Å². The summed E-state index contributed by atoms with van der Waals surface area (Å²) in [6.45, 7) is 6.54. The van der Waals surface area contributed by atoms with Crippen LogP contribution in [-0.2, 0) is 38.0 Å². The maximum Gasteiger partial charge on any atom is 0.338 e. The molecule has 12 heteroatoms. The molecule has 52 heavy (non-hydrogen) atoms. The van der Waals surface area contributed by atoms with Gasteiger partial charge in [-0.05, 0) is 70.0 Å². The van der Waals surface area contributed by atoms with Crippen LogP contribution in [0.1, 0.15) is 78.5 Å². The van der Waals surface area contributed by atoms with Crippen LogP contribution < -0.4 is 0 Å². The van der Waals surface area contributed by atoms with Crippen molar-refractivity contribution in [3.8, 4) is 0 Å². The van der Waals surface area contributed by atoms with Gasteiger partial charge in [-0.3, -0.25) is 9.59 Å². The smallest absolute Gasteiger partial charge is 0.338 e. The molecule has 2 bridgehead atoms. The lowest BCUT2D eigenvalue weighted by atomic mass is 9.46. The molecule has 3 aliphatic rings. The second-order valence-electron chi connectivity index (χ2n) is 14.3. The minimum absolute atomic E-state index is 0.0457. The first kappa shape index (κ1) is 36.7. The lowest BCUT2D eigenvalue weighted by Gasteiger charge is -2.65. The number of carbonyl (C=O) groups excluding carboxylic acids is 5. The molecule has 2 saturated carbocycles. The molecular weight excluding hydrogens is 672 g/mol.